The summed E-state index contributed by atoms with van der Waals surface area (Å²) < 4.78 is 27.6. The molecule has 9 nitrogen and oxygen atoms in total. The minimum Gasteiger partial charge on any atom is -0.326 e. The van der Waals surface area contributed by atoms with Crippen LogP contribution in [-0.4, -0.2) is 41.0 Å². The summed E-state index contributed by atoms with van der Waals surface area (Å²) in [5, 5.41) is 5.79. The van der Waals surface area contributed by atoms with E-state index in [4.69, 9.17) is 0 Å². The Kier molecular flexibility index (Phi) is 5.84. The van der Waals surface area contributed by atoms with Crippen LogP contribution in [0, 0.1) is 0 Å². The molecule has 0 aliphatic carbocycles. The molecular weight excluding hydrogens is 518 g/mol. The van der Waals surface area contributed by atoms with Crippen molar-refractivity contribution in [3.05, 3.63) is 59.1 Å². The lowest BCUT2D eigenvalue weighted by Gasteiger charge is -2.15. The number of hydrogen-bond acceptors (Lipinski definition) is 7. The molecule has 0 atom stereocenters. The zero-order valence-electron chi connectivity index (χ0n) is 16.8. The number of aromatic nitrogens is 3. The summed E-state index contributed by atoms with van der Waals surface area (Å²) in [4.78, 5) is 32.8. The second-order valence-electron chi connectivity index (χ2n) is 6.88. The van der Waals surface area contributed by atoms with Gasteiger partial charge >= 0.3 is 0 Å². The number of anilines is 2. The molecule has 4 rings (SSSR count). The summed E-state index contributed by atoms with van der Waals surface area (Å²) in [6, 6.07) is 8.22. The van der Waals surface area contributed by atoms with Crippen LogP contribution in [0.25, 0.3) is 15.9 Å². The predicted octanol–water partition coefficient (Wildman–Crippen LogP) is 3.86. The molecule has 2 amide bonds. The van der Waals surface area contributed by atoms with Crippen LogP contribution in [0.2, 0.25) is 0 Å². The quantitative estimate of drug-likeness (QED) is 0.401. The number of rotatable bonds is 5. The lowest BCUT2D eigenvalue weighted by Crippen LogP contribution is -2.17. The van der Waals surface area contributed by atoms with E-state index in [0.717, 1.165) is 11.0 Å². The molecule has 0 aliphatic rings. The Morgan fingerprint density at radius 1 is 1.16 bits per heavy atom. The molecule has 0 spiro atoms. The van der Waals surface area contributed by atoms with Gasteiger partial charge in [0.25, 0.3) is 5.91 Å². The molecule has 0 saturated carbocycles. The van der Waals surface area contributed by atoms with Crippen LogP contribution in [0.4, 0.5) is 10.8 Å². The van der Waals surface area contributed by atoms with Crippen LogP contribution in [-0.2, 0) is 14.6 Å². The number of carbonyl (C=O) groups is 2. The largest absolute Gasteiger partial charge is 0.326 e. The van der Waals surface area contributed by atoms with E-state index in [1.54, 1.807) is 30.5 Å². The van der Waals surface area contributed by atoms with Crippen LogP contribution in [0.1, 0.15) is 17.3 Å². The summed E-state index contributed by atoms with van der Waals surface area (Å²) in [7, 11) is -3.65. The molecule has 2 aromatic carbocycles. The lowest BCUT2D eigenvalue weighted by atomic mass is 10.1. The van der Waals surface area contributed by atoms with Gasteiger partial charge in [-0.2, -0.15) is 0 Å². The van der Waals surface area contributed by atoms with Crippen molar-refractivity contribution in [2.45, 2.75) is 11.8 Å². The number of amides is 2. The Labute approximate surface area is 195 Å². The van der Waals surface area contributed by atoms with Gasteiger partial charge in [0.2, 0.25) is 5.91 Å². The van der Waals surface area contributed by atoms with Crippen molar-refractivity contribution < 1.29 is 18.0 Å². The van der Waals surface area contributed by atoms with Gasteiger partial charge in [-0.1, -0.05) is 27.3 Å². The van der Waals surface area contributed by atoms with Crippen molar-refractivity contribution in [1.29, 1.82) is 0 Å². The fourth-order valence-corrected chi connectivity index (χ4v) is 5.53. The van der Waals surface area contributed by atoms with Gasteiger partial charge in [-0.3, -0.25) is 14.9 Å². The number of hydrogen-bond donors (Lipinski definition) is 2. The van der Waals surface area contributed by atoms with Crippen LogP contribution < -0.4 is 10.6 Å². The average molecular weight is 534 g/mol. The Bertz CT molecular complexity index is 1460. The summed E-state index contributed by atoms with van der Waals surface area (Å²) >= 11 is 4.53. The number of benzene rings is 2. The minimum atomic E-state index is -3.65. The number of imidazole rings is 1. The van der Waals surface area contributed by atoms with Crippen molar-refractivity contribution in [2.75, 3.05) is 16.9 Å². The number of fused-ring (bicyclic) bond motifs is 1. The third-order valence-electron chi connectivity index (χ3n) is 4.38. The van der Waals surface area contributed by atoms with E-state index in [2.05, 4.69) is 36.5 Å². The van der Waals surface area contributed by atoms with E-state index in [1.807, 2.05) is 0 Å². The smallest absolute Gasteiger partial charge is 0.259 e. The first-order chi connectivity index (χ1) is 15.1. The van der Waals surface area contributed by atoms with Gasteiger partial charge in [0.15, 0.2) is 15.0 Å². The molecule has 2 aromatic heterocycles. The monoisotopic (exact) mass is 533 g/mol. The highest BCUT2D eigenvalue weighted by atomic mass is 79.9. The second-order valence-corrected chi connectivity index (χ2v) is 10.8. The Hall–Kier alpha value is -3.09. The van der Waals surface area contributed by atoms with Crippen molar-refractivity contribution in [1.82, 2.24) is 14.5 Å². The third-order valence-corrected chi connectivity index (χ3v) is 6.88. The first-order valence-corrected chi connectivity index (χ1v) is 12.6. The highest BCUT2D eigenvalue weighted by Crippen LogP contribution is 2.32. The number of thiazole rings is 1. The van der Waals surface area contributed by atoms with Crippen LogP contribution in [0.15, 0.2) is 58.4 Å². The molecule has 2 N–H and O–H groups in total. The highest BCUT2D eigenvalue weighted by Gasteiger charge is 2.24. The third kappa shape index (κ3) is 4.56. The fourth-order valence-electron chi connectivity index (χ4n) is 3.11. The molecule has 2 heterocycles. The molecule has 0 radical (unpaired) electrons. The first kappa shape index (κ1) is 22.1. The van der Waals surface area contributed by atoms with E-state index in [-0.39, 0.29) is 22.1 Å². The first-order valence-electron chi connectivity index (χ1n) is 9.13. The summed E-state index contributed by atoms with van der Waals surface area (Å²) in [6.07, 6.45) is 5.57. The Balaban J connectivity index is 1.75. The molecule has 0 saturated heterocycles. The molecule has 0 bridgehead atoms. The highest BCUT2D eigenvalue weighted by molar-refractivity contribution is 9.10. The van der Waals surface area contributed by atoms with Crippen molar-refractivity contribution in [2.24, 2.45) is 0 Å². The van der Waals surface area contributed by atoms with Gasteiger partial charge in [-0.05, 0) is 30.3 Å². The normalized spacial score (nSPS) is 11.5. The van der Waals surface area contributed by atoms with Crippen molar-refractivity contribution >= 4 is 70.0 Å². The van der Waals surface area contributed by atoms with Crippen LogP contribution in [0.3, 0.4) is 0 Å². The number of sulfone groups is 1. The van der Waals surface area contributed by atoms with Gasteiger partial charge in [0, 0.05) is 35.7 Å². The molecule has 0 aliphatic heterocycles. The van der Waals surface area contributed by atoms with Crippen LogP contribution in [0.5, 0.6) is 0 Å². The molecular formula is C20H16BrN5O4S2. The average Bonchev–Trinajstić information content (AvgIpc) is 3.35. The maximum atomic E-state index is 13.2. The van der Waals surface area contributed by atoms with Crippen LogP contribution >= 0.6 is 27.3 Å². The van der Waals surface area contributed by atoms with Gasteiger partial charge in [0.05, 0.1) is 32.7 Å². The van der Waals surface area contributed by atoms with Crippen molar-refractivity contribution in [3.63, 3.8) is 0 Å². The summed E-state index contributed by atoms with van der Waals surface area (Å²) in [5.41, 5.74) is 1.61. The Morgan fingerprint density at radius 2 is 1.94 bits per heavy atom. The minimum absolute atomic E-state index is 0.0146. The maximum Gasteiger partial charge on any atom is 0.259 e. The standard InChI is InChI=1S/C20H16BrN5O4S2/c1-11(27)23-13-3-4-15-16(9-13)31-20(24-15)25-19(28)14-7-12(21)8-17(32(2,29)30)18(14)26-6-5-22-10-26/h3-10H,1-2H3,(H,23,27)(H,24,25,28). The summed E-state index contributed by atoms with van der Waals surface area (Å²) in [5.74, 6) is -0.716. The molecule has 4 aromatic rings. The SMILES string of the molecule is CC(=O)Nc1ccc2nc(NC(=O)c3cc(Br)cc(S(C)(=O)=O)c3-n3ccnc3)sc2c1. The van der Waals surface area contributed by atoms with E-state index >= 15 is 0 Å². The van der Waals surface area contributed by atoms with Gasteiger partial charge in [0.1, 0.15) is 0 Å². The molecule has 12 heteroatoms. The maximum absolute atomic E-state index is 13.2. The fraction of sp³-hybridized carbons (Fsp3) is 0.100. The number of nitrogens with one attached hydrogen (secondary N) is 2. The Morgan fingerprint density at radius 3 is 2.59 bits per heavy atom. The predicted molar refractivity (Wildman–Crippen MR) is 126 cm³/mol. The van der Waals surface area contributed by atoms with Gasteiger partial charge < -0.3 is 9.88 Å². The number of halogens is 1. The number of carbonyl (C=O) groups excluding carboxylic acids is 2. The van der Waals surface area contributed by atoms with E-state index in [0.29, 0.717) is 20.8 Å². The lowest BCUT2D eigenvalue weighted by molar-refractivity contribution is -0.114. The second kappa shape index (κ2) is 8.45. The molecule has 0 unspecified atom stereocenters. The van der Waals surface area contributed by atoms with Gasteiger partial charge in [-0.25, -0.2) is 18.4 Å². The zero-order chi connectivity index (χ0) is 23.0. The van der Waals surface area contributed by atoms with E-state index in [9.17, 15) is 18.0 Å². The molecule has 0 fully saturated rings. The van der Waals surface area contributed by atoms with Crippen molar-refractivity contribution in [3.8, 4) is 5.69 Å². The molecule has 164 valence electrons. The van der Waals surface area contributed by atoms with Gasteiger partial charge in [-0.15, -0.1) is 0 Å². The number of nitrogens with zero attached hydrogens (tertiary/aromatic N) is 3. The van der Waals surface area contributed by atoms with E-state index in [1.165, 1.54) is 41.4 Å². The zero-order valence-corrected chi connectivity index (χ0v) is 20.0. The summed E-state index contributed by atoms with van der Waals surface area (Å²) in [6.45, 7) is 1.42. The topological polar surface area (TPSA) is 123 Å². The van der Waals surface area contributed by atoms with E-state index < -0.39 is 15.7 Å². The molecule has 32 heavy (non-hydrogen) atoms.